The summed E-state index contributed by atoms with van der Waals surface area (Å²) in [5.74, 6) is -0.493. The number of benzene rings is 1. The van der Waals surface area contributed by atoms with E-state index in [1.165, 1.54) is 18.2 Å². The third-order valence-corrected chi connectivity index (χ3v) is 4.68. The molecule has 2 aromatic rings. The lowest BCUT2D eigenvalue weighted by Gasteiger charge is -2.19. The number of anilines is 1. The number of nitrogens with one attached hydrogen (secondary N) is 1. The van der Waals surface area contributed by atoms with Crippen molar-refractivity contribution in [2.24, 2.45) is 0 Å². The van der Waals surface area contributed by atoms with Gasteiger partial charge in [0.2, 0.25) is 15.9 Å². The quantitative estimate of drug-likeness (QED) is 0.826. The summed E-state index contributed by atoms with van der Waals surface area (Å²) in [6, 6.07) is 7.96. The molecule has 0 atom stereocenters. The molecule has 0 aliphatic heterocycles. The molecule has 0 radical (unpaired) electrons. The minimum atomic E-state index is -3.57. The van der Waals surface area contributed by atoms with Crippen molar-refractivity contribution in [3.8, 4) is 0 Å². The zero-order chi connectivity index (χ0) is 17.7. The number of rotatable bonds is 6. The Labute approximate surface area is 150 Å². The molecule has 2 rings (SSSR count). The van der Waals surface area contributed by atoms with Gasteiger partial charge in [-0.05, 0) is 35.9 Å². The zero-order valence-electron chi connectivity index (χ0n) is 12.7. The van der Waals surface area contributed by atoms with Crippen molar-refractivity contribution in [3.63, 3.8) is 0 Å². The summed E-state index contributed by atoms with van der Waals surface area (Å²) in [6.07, 6.45) is 4.17. The first-order valence-electron chi connectivity index (χ1n) is 6.84. The van der Waals surface area contributed by atoms with Crippen LogP contribution in [0.1, 0.15) is 5.56 Å². The maximum atomic E-state index is 12.2. The third kappa shape index (κ3) is 5.76. The molecule has 0 saturated heterocycles. The van der Waals surface area contributed by atoms with Gasteiger partial charge in [0.05, 0.1) is 12.8 Å². The number of carbonyl (C=O) groups is 1. The summed E-state index contributed by atoms with van der Waals surface area (Å²) in [6.45, 7) is -0.254. The fourth-order valence-electron chi connectivity index (χ4n) is 1.97. The van der Waals surface area contributed by atoms with Crippen LogP contribution in [0.3, 0.4) is 0 Å². The summed E-state index contributed by atoms with van der Waals surface area (Å²) in [5.41, 5.74) is 1.13. The molecule has 0 spiro atoms. The van der Waals surface area contributed by atoms with Gasteiger partial charge in [0.25, 0.3) is 0 Å². The van der Waals surface area contributed by atoms with Gasteiger partial charge in [0, 0.05) is 34.7 Å². The van der Waals surface area contributed by atoms with Crippen LogP contribution in [0.4, 0.5) is 5.69 Å². The van der Waals surface area contributed by atoms with Gasteiger partial charge in [0.1, 0.15) is 0 Å². The van der Waals surface area contributed by atoms with E-state index < -0.39 is 15.9 Å². The van der Waals surface area contributed by atoms with E-state index in [-0.39, 0.29) is 13.1 Å². The van der Waals surface area contributed by atoms with Crippen molar-refractivity contribution in [3.05, 3.63) is 58.3 Å². The largest absolute Gasteiger partial charge is 0.325 e. The topological polar surface area (TPSA) is 79.4 Å². The monoisotopic (exact) mass is 387 g/mol. The molecule has 1 N–H and O–H groups in total. The van der Waals surface area contributed by atoms with E-state index in [1.807, 2.05) is 0 Å². The molecule has 0 unspecified atom stereocenters. The Morgan fingerprint density at radius 1 is 1.17 bits per heavy atom. The maximum Gasteiger partial charge on any atom is 0.239 e. The number of amides is 1. The molecule has 6 nitrogen and oxygen atoms in total. The van der Waals surface area contributed by atoms with Gasteiger partial charge in [-0.2, -0.15) is 4.31 Å². The van der Waals surface area contributed by atoms with E-state index in [0.717, 1.165) is 16.1 Å². The van der Waals surface area contributed by atoms with Gasteiger partial charge in [-0.1, -0.05) is 23.2 Å². The van der Waals surface area contributed by atoms with Crippen molar-refractivity contribution in [1.82, 2.24) is 9.29 Å². The number of hydrogen-bond acceptors (Lipinski definition) is 4. The smallest absolute Gasteiger partial charge is 0.239 e. The van der Waals surface area contributed by atoms with Crippen molar-refractivity contribution in [1.29, 1.82) is 0 Å². The molecule has 128 valence electrons. The standard InChI is InChI=1S/C15H15Cl2N3O3S/c1-24(22,23)20(9-11-2-4-18-5-3-11)10-15(21)19-14-7-12(16)6-13(17)8-14/h2-8H,9-10H2,1H3,(H,19,21). The lowest BCUT2D eigenvalue weighted by Crippen LogP contribution is -2.36. The van der Waals surface area contributed by atoms with E-state index in [1.54, 1.807) is 24.5 Å². The Morgan fingerprint density at radius 3 is 2.29 bits per heavy atom. The average molecular weight is 388 g/mol. The number of sulfonamides is 1. The summed E-state index contributed by atoms with van der Waals surface area (Å²) >= 11 is 11.7. The molecule has 24 heavy (non-hydrogen) atoms. The van der Waals surface area contributed by atoms with E-state index in [0.29, 0.717) is 15.7 Å². The normalized spacial score (nSPS) is 11.5. The zero-order valence-corrected chi connectivity index (χ0v) is 15.1. The second kappa shape index (κ2) is 7.94. The summed E-state index contributed by atoms with van der Waals surface area (Å²) in [5, 5.41) is 3.33. The van der Waals surface area contributed by atoms with Crippen LogP contribution < -0.4 is 5.32 Å². The van der Waals surface area contributed by atoms with Crippen LogP contribution in [0.2, 0.25) is 10.0 Å². The Morgan fingerprint density at radius 2 is 1.75 bits per heavy atom. The molecular weight excluding hydrogens is 373 g/mol. The number of halogens is 2. The van der Waals surface area contributed by atoms with Gasteiger partial charge in [-0.25, -0.2) is 8.42 Å². The van der Waals surface area contributed by atoms with Crippen LogP contribution in [0.25, 0.3) is 0 Å². The molecule has 1 aromatic carbocycles. The molecule has 1 heterocycles. The molecule has 1 aromatic heterocycles. The number of hydrogen-bond donors (Lipinski definition) is 1. The first-order valence-corrected chi connectivity index (χ1v) is 9.44. The van der Waals surface area contributed by atoms with Crippen LogP contribution in [-0.4, -0.2) is 36.4 Å². The fourth-order valence-corrected chi connectivity index (χ4v) is 3.23. The minimum absolute atomic E-state index is 0.0745. The van der Waals surface area contributed by atoms with E-state index >= 15 is 0 Å². The molecule has 0 aliphatic carbocycles. The number of pyridine rings is 1. The molecular formula is C15H15Cl2N3O3S. The van der Waals surface area contributed by atoms with Crippen LogP contribution in [0.15, 0.2) is 42.7 Å². The van der Waals surface area contributed by atoms with Crippen LogP contribution in [-0.2, 0) is 21.4 Å². The first-order chi connectivity index (χ1) is 11.2. The average Bonchev–Trinajstić information content (AvgIpc) is 2.45. The predicted octanol–water partition coefficient (Wildman–Crippen LogP) is 2.79. The second-order valence-corrected chi connectivity index (χ2v) is 7.95. The summed E-state index contributed by atoms with van der Waals surface area (Å²) in [4.78, 5) is 16.0. The van der Waals surface area contributed by atoms with Crippen LogP contribution >= 0.6 is 23.2 Å². The summed E-state index contributed by atoms with van der Waals surface area (Å²) in [7, 11) is -3.57. The molecule has 9 heteroatoms. The Kier molecular flexibility index (Phi) is 6.17. The van der Waals surface area contributed by atoms with Crippen molar-refractivity contribution in [2.75, 3.05) is 18.1 Å². The number of nitrogens with zero attached hydrogens (tertiary/aromatic N) is 2. The first kappa shape index (κ1) is 18.7. The van der Waals surface area contributed by atoms with Gasteiger partial charge >= 0.3 is 0 Å². The third-order valence-electron chi connectivity index (χ3n) is 3.04. The fraction of sp³-hybridized carbons (Fsp3) is 0.200. The van der Waals surface area contributed by atoms with Gasteiger partial charge in [-0.15, -0.1) is 0 Å². The minimum Gasteiger partial charge on any atom is -0.325 e. The highest BCUT2D eigenvalue weighted by Gasteiger charge is 2.20. The predicted molar refractivity (Wildman–Crippen MR) is 94.6 cm³/mol. The number of aromatic nitrogens is 1. The van der Waals surface area contributed by atoms with E-state index in [4.69, 9.17) is 23.2 Å². The SMILES string of the molecule is CS(=O)(=O)N(CC(=O)Nc1cc(Cl)cc(Cl)c1)Cc1ccncc1. The highest BCUT2D eigenvalue weighted by Crippen LogP contribution is 2.22. The van der Waals surface area contributed by atoms with Crippen molar-refractivity contribution >= 4 is 44.8 Å². The van der Waals surface area contributed by atoms with Crippen LogP contribution in [0.5, 0.6) is 0 Å². The highest BCUT2D eigenvalue weighted by molar-refractivity contribution is 7.88. The molecule has 1 amide bonds. The highest BCUT2D eigenvalue weighted by atomic mass is 35.5. The van der Waals surface area contributed by atoms with Gasteiger partial charge < -0.3 is 5.32 Å². The maximum absolute atomic E-state index is 12.2. The lowest BCUT2D eigenvalue weighted by molar-refractivity contribution is -0.116. The molecule has 0 saturated carbocycles. The molecule has 0 aliphatic rings. The van der Waals surface area contributed by atoms with Gasteiger partial charge in [0.15, 0.2) is 0 Å². The van der Waals surface area contributed by atoms with E-state index in [2.05, 4.69) is 10.3 Å². The Bertz CT molecular complexity index is 809. The number of carbonyl (C=O) groups excluding carboxylic acids is 1. The van der Waals surface area contributed by atoms with E-state index in [9.17, 15) is 13.2 Å². The van der Waals surface area contributed by atoms with Crippen molar-refractivity contribution in [2.45, 2.75) is 6.54 Å². The van der Waals surface area contributed by atoms with Crippen molar-refractivity contribution < 1.29 is 13.2 Å². The lowest BCUT2D eigenvalue weighted by atomic mass is 10.2. The Balaban J connectivity index is 2.10. The Hall–Kier alpha value is -1.67. The molecule has 0 bridgehead atoms. The summed E-state index contributed by atoms with van der Waals surface area (Å²) < 4.78 is 24.9. The van der Waals surface area contributed by atoms with Gasteiger partial charge in [-0.3, -0.25) is 9.78 Å². The molecule has 0 fully saturated rings. The van der Waals surface area contributed by atoms with Crippen LogP contribution in [0, 0.1) is 0 Å². The second-order valence-electron chi connectivity index (χ2n) is 5.09.